The predicted molar refractivity (Wildman–Crippen MR) is 133 cm³/mol. The number of anilines is 1. The van der Waals surface area contributed by atoms with E-state index in [1.54, 1.807) is 0 Å². The molecule has 8 nitrogen and oxygen atoms in total. The van der Waals surface area contributed by atoms with E-state index in [-0.39, 0.29) is 6.01 Å². The highest BCUT2D eigenvalue weighted by Gasteiger charge is 2.13. The van der Waals surface area contributed by atoms with Crippen LogP contribution < -0.4 is 10.1 Å². The number of aryl methyl sites for hydroxylation is 2. The third-order valence-corrected chi connectivity index (χ3v) is 5.81. The van der Waals surface area contributed by atoms with Gasteiger partial charge in [0.2, 0.25) is 5.95 Å². The molecule has 0 spiro atoms. The number of rotatable bonds is 7. The van der Waals surface area contributed by atoms with Crippen molar-refractivity contribution in [2.24, 2.45) is 7.05 Å². The number of nitrogens with one attached hydrogen (secondary N) is 2. The van der Waals surface area contributed by atoms with Crippen LogP contribution in [0.25, 0.3) is 11.0 Å². The van der Waals surface area contributed by atoms with Crippen LogP contribution in [0.2, 0.25) is 10.0 Å². The number of halogens is 2. The SMILES string of the molecule is Cc1cc(Cc2cc(Cl)c3nc(NCc4ccc(Oc5ncc(Cl)cn5)cc4)n(C)c3c2)n[nH]1. The quantitative estimate of drug-likeness (QED) is 0.302. The Hall–Kier alpha value is -3.62. The van der Waals surface area contributed by atoms with Crippen molar-refractivity contribution in [1.82, 2.24) is 29.7 Å². The van der Waals surface area contributed by atoms with Crippen LogP contribution in [0.3, 0.4) is 0 Å². The van der Waals surface area contributed by atoms with Crippen LogP contribution in [0.5, 0.6) is 11.8 Å². The number of aromatic amines is 1. The van der Waals surface area contributed by atoms with Gasteiger partial charge >= 0.3 is 6.01 Å². The van der Waals surface area contributed by atoms with E-state index in [0.29, 0.717) is 28.8 Å². The Morgan fingerprint density at radius 3 is 2.50 bits per heavy atom. The summed E-state index contributed by atoms with van der Waals surface area (Å²) in [5.74, 6) is 1.37. The van der Waals surface area contributed by atoms with Crippen molar-refractivity contribution in [2.75, 3.05) is 5.32 Å². The van der Waals surface area contributed by atoms with E-state index >= 15 is 0 Å². The van der Waals surface area contributed by atoms with E-state index in [9.17, 15) is 0 Å². The van der Waals surface area contributed by atoms with Crippen molar-refractivity contribution in [2.45, 2.75) is 19.9 Å². The smallest absolute Gasteiger partial charge is 0.321 e. The van der Waals surface area contributed by atoms with Gasteiger partial charge in [-0.05, 0) is 48.4 Å². The molecule has 0 aliphatic rings. The predicted octanol–water partition coefficient (Wildman–Crippen LogP) is 5.70. The van der Waals surface area contributed by atoms with E-state index in [0.717, 1.165) is 39.5 Å². The van der Waals surface area contributed by atoms with Crippen molar-refractivity contribution < 1.29 is 4.74 Å². The fraction of sp³-hybridized carbons (Fsp3) is 0.167. The summed E-state index contributed by atoms with van der Waals surface area (Å²) in [7, 11) is 1.97. The van der Waals surface area contributed by atoms with Gasteiger partial charge in [0.1, 0.15) is 11.3 Å². The first-order chi connectivity index (χ1) is 16.4. The van der Waals surface area contributed by atoms with Crippen LogP contribution in [-0.4, -0.2) is 29.7 Å². The number of benzene rings is 2. The molecule has 172 valence electrons. The van der Waals surface area contributed by atoms with Gasteiger partial charge < -0.3 is 14.6 Å². The van der Waals surface area contributed by atoms with Crippen LogP contribution >= 0.6 is 23.2 Å². The zero-order chi connectivity index (χ0) is 23.7. The molecule has 34 heavy (non-hydrogen) atoms. The molecule has 0 radical (unpaired) electrons. The zero-order valence-electron chi connectivity index (χ0n) is 18.5. The lowest BCUT2D eigenvalue weighted by atomic mass is 10.1. The summed E-state index contributed by atoms with van der Waals surface area (Å²) in [6.07, 6.45) is 3.68. The van der Waals surface area contributed by atoms with Crippen LogP contribution in [0, 0.1) is 6.92 Å². The Morgan fingerprint density at radius 2 is 1.79 bits per heavy atom. The molecular weight excluding hydrogens is 473 g/mol. The van der Waals surface area contributed by atoms with Gasteiger partial charge in [-0.3, -0.25) is 5.10 Å². The molecule has 10 heteroatoms. The Kier molecular flexibility index (Phi) is 6.08. The molecule has 0 aliphatic heterocycles. The van der Waals surface area contributed by atoms with E-state index < -0.39 is 0 Å². The molecule has 0 saturated heterocycles. The average molecular weight is 494 g/mol. The van der Waals surface area contributed by atoms with Crippen molar-refractivity contribution in [3.05, 3.63) is 87.4 Å². The molecule has 0 aliphatic carbocycles. The maximum atomic E-state index is 6.57. The van der Waals surface area contributed by atoms with Gasteiger partial charge in [-0.15, -0.1) is 0 Å². The highest BCUT2D eigenvalue weighted by molar-refractivity contribution is 6.35. The first-order valence-corrected chi connectivity index (χ1v) is 11.3. The Bertz CT molecular complexity index is 1440. The van der Waals surface area contributed by atoms with E-state index in [4.69, 9.17) is 32.9 Å². The lowest BCUT2D eigenvalue weighted by Gasteiger charge is -2.08. The van der Waals surface area contributed by atoms with Gasteiger partial charge in [0.05, 0.1) is 33.6 Å². The summed E-state index contributed by atoms with van der Waals surface area (Å²) >= 11 is 12.4. The zero-order valence-corrected chi connectivity index (χ0v) is 20.0. The molecule has 3 heterocycles. The van der Waals surface area contributed by atoms with Gasteiger partial charge in [-0.1, -0.05) is 35.3 Å². The molecule has 5 aromatic rings. The number of nitrogens with zero attached hydrogens (tertiary/aromatic N) is 5. The number of hydrogen-bond acceptors (Lipinski definition) is 6. The second-order valence-electron chi connectivity index (χ2n) is 7.94. The standard InChI is InChI=1S/C24H21Cl2N7O/c1-14-7-18(32-31-14)8-16-9-20(26)22-21(10-16)33(2)23(30-22)27-11-15-3-5-19(6-4-15)34-24-28-12-17(25)13-29-24/h3-7,9-10,12-13H,8,11H2,1-2H3,(H,27,30)(H,31,32). The maximum Gasteiger partial charge on any atom is 0.321 e. The Morgan fingerprint density at radius 1 is 1.03 bits per heavy atom. The molecule has 0 saturated carbocycles. The minimum atomic E-state index is 0.244. The van der Waals surface area contributed by atoms with E-state index in [1.807, 2.05) is 54.9 Å². The van der Waals surface area contributed by atoms with Crippen LogP contribution in [0.4, 0.5) is 5.95 Å². The number of ether oxygens (including phenoxy) is 1. The van der Waals surface area contributed by atoms with Gasteiger partial charge in [0.25, 0.3) is 0 Å². The van der Waals surface area contributed by atoms with Gasteiger partial charge in [0, 0.05) is 25.7 Å². The lowest BCUT2D eigenvalue weighted by Crippen LogP contribution is -2.05. The van der Waals surface area contributed by atoms with Gasteiger partial charge in [-0.25, -0.2) is 15.0 Å². The molecule has 5 rings (SSSR count). The summed E-state index contributed by atoms with van der Waals surface area (Å²) in [5.41, 5.74) is 5.89. The third kappa shape index (κ3) is 4.83. The summed E-state index contributed by atoms with van der Waals surface area (Å²) < 4.78 is 7.65. The molecule has 2 aromatic carbocycles. The number of imidazole rings is 1. The van der Waals surface area contributed by atoms with E-state index in [1.165, 1.54) is 12.4 Å². The summed E-state index contributed by atoms with van der Waals surface area (Å²) in [6.45, 7) is 2.58. The number of H-pyrrole nitrogens is 1. The Balaban J connectivity index is 1.28. The highest BCUT2D eigenvalue weighted by atomic mass is 35.5. The Labute approximate surface area is 205 Å². The van der Waals surface area contributed by atoms with Crippen LogP contribution in [0.1, 0.15) is 22.5 Å². The second-order valence-corrected chi connectivity index (χ2v) is 8.79. The second kappa shape index (κ2) is 9.32. The van der Waals surface area contributed by atoms with Crippen molar-refractivity contribution >= 4 is 40.2 Å². The van der Waals surface area contributed by atoms with Gasteiger partial charge in [-0.2, -0.15) is 5.10 Å². The number of hydrogen-bond donors (Lipinski definition) is 2. The average Bonchev–Trinajstić information content (AvgIpc) is 3.38. The summed E-state index contributed by atoms with van der Waals surface area (Å²) in [6, 6.07) is 14.0. The number of aromatic nitrogens is 6. The monoisotopic (exact) mass is 493 g/mol. The summed E-state index contributed by atoms with van der Waals surface area (Å²) in [5, 5.41) is 11.8. The highest BCUT2D eigenvalue weighted by Crippen LogP contribution is 2.28. The summed E-state index contributed by atoms with van der Waals surface area (Å²) in [4.78, 5) is 12.8. The molecule has 3 aromatic heterocycles. The molecule has 2 N–H and O–H groups in total. The maximum absolute atomic E-state index is 6.57. The fourth-order valence-electron chi connectivity index (χ4n) is 3.65. The van der Waals surface area contributed by atoms with Crippen molar-refractivity contribution in [3.63, 3.8) is 0 Å². The fourth-order valence-corrected chi connectivity index (χ4v) is 4.03. The third-order valence-electron chi connectivity index (χ3n) is 5.32. The minimum absolute atomic E-state index is 0.244. The molecule has 0 amide bonds. The molecule has 0 unspecified atom stereocenters. The minimum Gasteiger partial charge on any atom is -0.424 e. The molecular formula is C24H21Cl2N7O. The largest absolute Gasteiger partial charge is 0.424 e. The molecule has 0 fully saturated rings. The first kappa shape index (κ1) is 22.2. The topological polar surface area (TPSA) is 93.5 Å². The number of fused-ring (bicyclic) bond motifs is 1. The van der Waals surface area contributed by atoms with E-state index in [2.05, 4.69) is 31.5 Å². The van der Waals surface area contributed by atoms with Crippen molar-refractivity contribution in [3.8, 4) is 11.8 Å². The molecule has 0 atom stereocenters. The normalized spacial score (nSPS) is 11.2. The first-order valence-electron chi connectivity index (χ1n) is 10.6. The van der Waals surface area contributed by atoms with Crippen LogP contribution in [-0.2, 0) is 20.0 Å². The van der Waals surface area contributed by atoms with Crippen LogP contribution in [0.15, 0.2) is 54.9 Å². The lowest BCUT2D eigenvalue weighted by molar-refractivity contribution is 0.441. The van der Waals surface area contributed by atoms with Gasteiger partial charge in [0.15, 0.2) is 0 Å². The molecule has 0 bridgehead atoms. The van der Waals surface area contributed by atoms with Crippen molar-refractivity contribution in [1.29, 1.82) is 0 Å².